The summed E-state index contributed by atoms with van der Waals surface area (Å²) < 4.78 is 33.4. The summed E-state index contributed by atoms with van der Waals surface area (Å²) in [6.45, 7) is 3.46. The fourth-order valence-electron chi connectivity index (χ4n) is 2.95. The molecule has 0 fully saturated rings. The number of nitrogens with zero attached hydrogens (tertiary/aromatic N) is 1. The third kappa shape index (κ3) is 2.75. The zero-order chi connectivity index (χ0) is 19.0. The second-order valence-corrected chi connectivity index (χ2v) is 5.68. The van der Waals surface area contributed by atoms with Crippen molar-refractivity contribution in [2.24, 2.45) is 0 Å². The molecule has 1 aromatic heterocycles. The molecule has 0 aliphatic carbocycles. The quantitative estimate of drug-likeness (QED) is 0.709. The van der Waals surface area contributed by atoms with E-state index in [9.17, 15) is 23.5 Å². The molecule has 0 amide bonds. The fraction of sp³-hybridized carbons (Fsp3) is 0.294. The Morgan fingerprint density at radius 3 is 2.65 bits per heavy atom. The topological polar surface area (TPSA) is 96.3 Å². The second kappa shape index (κ2) is 6.66. The summed E-state index contributed by atoms with van der Waals surface area (Å²) in [7, 11) is 0. The molecule has 138 valence electrons. The number of halogens is 2. The van der Waals surface area contributed by atoms with Crippen molar-refractivity contribution in [1.29, 1.82) is 0 Å². The molecule has 1 atom stereocenters. The highest BCUT2D eigenvalue weighted by molar-refractivity contribution is 5.71. The standard InChI is InChI=1S/C17H17F2N3O4/c1-3-11-12(9-6-5-8(18)7-10(9)19)14-20-15(23)13(17(25)26-4-2)16(24)22(14)21-11/h5-7,11,21,25H,3-4H2,1-2H3,(H,20,23). The molecule has 0 radical (unpaired) electrons. The average Bonchev–Trinajstić information content (AvgIpc) is 2.94. The molecule has 3 rings (SSSR count). The number of H-pyrrole nitrogens is 1. The maximum atomic E-state index is 14.3. The van der Waals surface area contributed by atoms with E-state index in [0.717, 1.165) is 16.8 Å². The van der Waals surface area contributed by atoms with Crippen molar-refractivity contribution in [2.75, 3.05) is 12.0 Å². The summed E-state index contributed by atoms with van der Waals surface area (Å²) in [4.78, 5) is 27.4. The molecule has 2 aromatic rings. The summed E-state index contributed by atoms with van der Waals surface area (Å²) in [6.07, 6.45) is 0.464. The molecular formula is C17H17F2N3O4. The predicted octanol–water partition coefficient (Wildman–Crippen LogP) is 0.00970. The summed E-state index contributed by atoms with van der Waals surface area (Å²) >= 11 is 0. The van der Waals surface area contributed by atoms with Gasteiger partial charge in [0.2, 0.25) is 0 Å². The third-order valence-corrected chi connectivity index (χ3v) is 4.11. The van der Waals surface area contributed by atoms with Crippen molar-refractivity contribution < 1.29 is 18.6 Å². The minimum Gasteiger partial charge on any atom is -0.480 e. The zero-order valence-corrected chi connectivity index (χ0v) is 14.1. The molecule has 3 N–H and O–H groups in total. The number of hydrogen-bond acceptors (Lipinski definition) is 5. The van der Waals surface area contributed by atoms with E-state index in [2.05, 4.69) is 10.4 Å². The first-order valence-corrected chi connectivity index (χ1v) is 8.06. The van der Waals surface area contributed by atoms with Crippen LogP contribution in [0.4, 0.5) is 8.78 Å². The fourth-order valence-corrected chi connectivity index (χ4v) is 2.95. The maximum Gasteiger partial charge on any atom is 0.295 e. The third-order valence-electron chi connectivity index (χ3n) is 4.11. The lowest BCUT2D eigenvalue weighted by Gasteiger charge is -2.14. The van der Waals surface area contributed by atoms with E-state index < -0.39 is 40.0 Å². The molecule has 0 bridgehead atoms. The van der Waals surface area contributed by atoms with Gasteiger partial charge in [-0.05, 0) is 25.5 Å². The van der Waals surface area contributed by atoms with Crippen molar-refractivity contribution in [1.82, 2.24) is 9.66 Å². The molecule has 1 aliphatic rings. The average molecular weight is 365 g/mol. The summed E-state index contributed by atoms with van der Waals surface area (Å²) in [5.41, 5.74) is 1.60. The molecule has 1 aromatic carbocycles. The van der Waals surface area contributed by atoms with Gasteiger partial charge in [0.15, 0.2) is 5.22 Å². The highest BCUT2D eigenvalue weighted by Crippen LogP contribution is 2.23. The number of aliphatic hydroxyl groups excluding tert-OH is 1. The predicted molar refractivity (Wildman–Crippen MR) is 90.5 cm³/mol. The molecule has 9 heteroatoms. The molecule has 2 heterocycles. The number of benzene rings is 1. The van der Waals surface area contributed by atoms with Gasteiger partial charge in [-0.15, -0.1) is 0 Å². The van der Waals surface area contributed by atoms with Crippen LogP contribution in [0, 0.1) is 11.6 Å². The van der Waals surface area contributed by atoms with Gasteiger partial charge in [0.1, 0.15) is 17.1 Å². The SMILES string of the molecule is CCOC(O)=c1c(=O)[nH]c2n(c1=O)NC(CC)C=2c1ccc(F)cc1F. The van der Waals surface area contributed by atoms with Gasteiger partial charge in [-0.2, -0.15) is 0 Å². The van der Waals surface area contributed by atoms with Crippen LogP contribution in [0.2, 0.25) is 0 Å². The molecule has 0 saturated carbocycles. The van der Waals surface area contributed by atoms with Gasteiger partial charge in [-0.1, -0.05) is 6.92 Å². The van der Waals surface area contributed by atoms with Gasteiger partial charge in [0, 0.05) is 17.2 Å². The molecule has 1 unspecified atom stereocenters. The number of aromatic amines is 1. The lowest BCUT2D eigenvalue weighted by atomic mass is 9.98. The number of rotatable bonds is 4. The summed E-state index contributed by atoms with van der Waals surface area (Å²) in [5, 5.41) is 9.26. The van der Waals surface area contributed by atoms with Gasteiger partial charge in [-0.25, -0.2) is 13.5 Å². The van der Waals surface area contributed by atoms with Gasteiger partial charge in [0.05, 0.1) is 12.6 Å². The van der Waals surface area contributed by atoms with Crippen LogP contribution in [0.5, 0.6) is 0 Å². The van der Waals surface area contributed by atoms with E-state index >= 15 is 0 Å². The minimum atomic E-state index is -0.870. The van der Waals surface area contributed by atoms with Gasteiger partial charge in [-0.3, -0.25) is 9.59 Å². The smallest absolute Gasteiger partial charge is 0.295 e. The molecule has 0 saturated heterocycles. The number of aromatic nitrogens is 2. The number of fused-ring (bicyclic) bond motifs is 1. The van der Waals surface area contributed by atoms with Gasteiger partial charge < -0.3 is 20.3 Å². The Bertz CT molecular complexity index is 1100. The Morgan fingerprint density at radius 1 is 1.31 bits per heavy atom. The Kier molecular flexibility index (Phi) is 4.54. The van der Waals surface area contributed by atoms with Crippen molar-refractivity contribution in [2.45, 2.75) is 26.3 Å². The van der Waals surface area contributed by atoms with Crippen LogP contribution < -0.4 is 27.2 Å². The first kappa shape index (κ1) is 17.7. The van der Waals surface area contributed by atoms with Crippen molar-refractivity contribution >= 4 is 11.5 Å². The summed E-state index contributed by atoms with van der Waals surface area (Å²) in [6, 6.07) is 2.58. The second-order valence-electron chi connectivity index (χ2n) is 5.68. The van der Waals surface area contributed by atoms with E-state index in [1.54, 1.807) is 13.8 Å². The van der Waals surface area contributed by atoms with Gasteiger partial charge in [0.25, 0.3) is 17.1 Å². The summed E-state index contributed by atoms with van der Waals surface area (Å²) in [5.74, 6) is -2.33. The Hall–Kier alpha value is -3.10. The zero-order valence-electron chi connectivity index (χ0n) is 14.1. The Labute approximate surface area is 145 Å². The van der Waals surface area contributed by atoms with Crippen molar-refractivity contribution in [3.63, 3.8) is 0 Å². The Balaban J connectivity index is 2.41. The van der Waals surface area contributed by atoms with E-state index in [4.69, 9.17) is 4.74 Å². The van der Waals surface area contributed by atoms with Crippen LogP contribution >= 0.6 is 0 Å². The highest BCUT2D eigenvalue weighted by atomic mass is 19.1. The number of hydrogen-bond donors (Lipinski definition) is 3. The minimum absolute atomic E-state index is 0.0467. The molecule has 0 spiro atoms. The van der Waals surface area contributed by atoms with E-state index in [1.807, 2.05) is 0 Å². The number of ether oxygens (including phenoxy) is 1. The number of nitrogens with one attached hydrogen (secondary N) is 2. The van der Waals surface area contributed by atoms with Crippen LogP contribution in [0.1, 0.15) is 25.8 Å². The van der Waals surface area contributed by atoms with Crippen LogP contribution in [0.15, 0.2) is 27.8 Å². The Morgan fingerprint density at radius 2 is 2.04 bits per heavy atom. The van der Waals surface area contributed by atoms with Crippen molar-refractivity contribution in [3.05, 3.63) is 66.8 Å². The lowest BCUT2D eigenvalue weighted by Crippen LogP contribution is -2.55. The largest absolute Gasteiger partial charge is 0.480 e. The number of aliphatic hydroxyl groups is 1. The molecule has 1 aliphatic heterocycles. The van der Waals surface area contributed by atoms with Crippen LogP contribution in [0.3, 0.4) is 0 Å². The molecule has 26 heavy (non-hydrogen) atoms. The van der Waals surface area contributed by atoms with Gasteiger partial charge >= 0.3 is 0 Å². The van der Waals surface area contributed by atoms with E-state index in [1.165, 1.54) is 6.07 Å². The maximum absolute atomic E-state index is 14.3. The van der Waals surface area contributed by atoms with Crippen LogP contribution in [-0.4, -0.2) is 27.4 Å². The first-order chi connectivity index (χ1) is 12.4. The first-order valence-electron chi connectivity index (χ1n) is 8.06. The van der Waals surface area contributed by atoms with E-state index in [-0.39, 0.29) is 17.6 Å². The molecule has 7 nitrogen and oxygen atoms in total. The highest BCUT2D eigenvalue weighted by Gasteiger charge is 2.28. The van der Waals surface area contributed by atoms with Crippen LogP contribution in [-0.2, 0) is 4.74 Å². The van der Waals surface area contributed by atoms with E-state index in [0.29, 0.717) is 12.0 Å². The monoisotopic (exact) mass is 365 g/mol. The lowest BCUT2D eigenvalue weighted by molar-refractivity contribution is 0.189. The normalized spacial score (nSPS) is 16.9. The molecular weight excluding hydrogens is 348 g/mol. The van der Waals surface area contributed by atoms with Crippen molar-refractivity contribution in [3.8, 4) is 0 Å². The van der Waals surface area contributed by atoms with Crippen LogP contribution in [0.25, 0.3) is 11.5 Å².